The number of nitrogens with zero attached hydrogens (tertiary/aromatic N) is 1. The molecule has 0 saturated heterocycles. The average molecular weight is 415 g/mol. The van der Waals surface area contributed by atoms with E-state index >= 15 is 0 Å². The SMILES string of the molecule is CNCC(C)C(=O)Nc1ccccc1Oc1ccnc(C(=O)NC)c1.Cl.Cl. The van der Waals surface area contributed by atoms with E-state index in [9.17, 15) is 9.59 Å². The molecule has 27 heavy (non-hydrogen) atoms. The van der Waals surface area contributed by atoms with E-state index < -0.39 is 0 Å². The number of benzene rings is 1. The topological polar surface area (TPSA) is 92.3 Å². The predicted molar refractivity (Wildman–Crippen MR) is 110 cm³/mol. The van der Waals surface area contributed by atoms with Crippen LogP contribution < -0.4 is 20.7 Å². The van der Waals surface area contributed by atoms with Crippen molar-refractivity contribution >= 4 is 42.3 Å². The van der Waals surface area contributed by atoms with Gasteiger partial charge in [0, 0.05) is 31.8 Å². The number of rotatable bonds is 7. The fourth-order valence-corrected chi connectivity index (χ4v) is 2.17. The molecule has 1 aromatic carbocycles. The first kappa shape index (κ1) is 24.7. The van der Waals surface area contributed by atoms with Crippen LogP contribution >= 0.6 is 24.8 Å². The third-order valence-electron chi connectivity index (χ3n) is 3.52. The van der Waals surface area contributed by atoms with Gasteiger partial charge in [-0.1, -0.05) is 19.1 Å². The molecule has 0 aliphatic heterocycles. The molecular formula is C18H24Cl2N4O3. The van der Waals surface area contributed by atoms with Gasteiger partial charge in [-0.05, 0) is 25.2 Å². The summed E-state index contributed by atoms with van der Waals surface area (Å²) in [6.45, 7) is 2.42. The number of nitrogens with one attached hydrogen (secondary N) is 3. The summed E-state index contributed by atoms with van der Waals surface area (Å²) in [5, 5.41) is 8.35. The van der Waals surface area contributed by atoms with Crippen LogP contribution in [0.2, 0.25) is 0 Å². The molecule has 0 aliphatic rings. The Labute approximate surface area is 171 Å². The lowest BCUT2D eigenvalue weighted by Crippen LogP contribution is -2.28. The van der Waals surface area contributed by atoms with Gasteiger partial charge in [0.25, 0.3) is 5.91 Å². The van der Waals surface area contributed by atoms with Crippen molar-refractivity contribution in [2.45, 2.75) is 6.92 Å². The summed E-state index contributed by atoms with van der Waals surface area (Å²) in [5.41, 5.74) is 0.818. The van der Waals surface area contributed by atoms with Crippen molar-refractivity contribution in [1.29, 1.82) is 0 Å². The van der Waals surface area contributed by atoms with E-state index in [0.29, 0.717) is 23.7 Å². The van der Waals surface area contributed by atoms with Gasteiger partial charge in [-0.15, -0.1) is 24.8 Å². The van der Waals surface area contributed by atoms with Crippen LogP contribution in [0.1, 0.15) is 17.4 Å². The smallest absolute Gasteiger partial charge is 0.269 e. The van der Waals surface area contributed by atoms with Gasteiger partial charge in [0.2, 0.25) is 5.91 Å². The largest absolute Gasteiger partial charge is 0.455 e. The first-order valence-corrected chi connectivity index (χ1v) is 7.95. The van der Waals surface area contributed by atoms with E-state index in [1.807, 2.05) is 19.1 Å². The lowest BCUT2D eigenvalue weighted by Gasteiger charge is -2.15. The van der Waals surface area contributed by atoms with Gasteiger partial charge in [-0.2, -0.15) is 0 Å². The molecule has 1 unspecified atom stereocenters. The Morgan fingerprint density at radius 3 is 2.52 bits per heavy atom. The summed E-state index contributed by atoms with van der Waals surface area (Å²) >= 11 is 0. The van der Waals surface area contributed by atoms with Crippen LogP contribution in [0.15, 0.2) is 42.6 Å². The van der Waals surface area contributed by atoms with Crippen LogP contribution in [0, 0.1) is 5.92 Å². The molecular weight excluding hydrogens is 391 g/mol. The minimum absolute atomic E-state index is 0. The van der Waals surface area contributed by atoms with Crippen molar-refractivity contribution in [3.63, 3.8) is 0 Å². The summed E-state index contributed by atoms with van der Waals surface area (Å²) in [5.74, 6) is 0.359. The van der Waals surface area contributed by atoms with Crippen LogP contribution in [0.25, 0.3) is 0 Å². The van der Waals surface area contributed by atoms with Gasteiger partial charge in [-0.3, -0.25) is 14.6 Å². The number of hydrogen-bond acceptors (Lipinski definition) is 5. The van der Waals surface area contributed by atoms with E-state index in [4.69, 9.17) is 4.74 Å². The molecule has 0 saturated carbocycles. The van der Waals surface area contributed by atoms with Gasteiger partial charge in [0.15, 0.2) is 5.75 Å². The molecule has 7 nitrogen and oxygen atoms in total. The zero-order chi connectivity index (χ0) is 18.2. The summed E-state index contributed by atoms with van der Waals surface area (Å²) in [4.78, 5) is 27.9. The maximum Gasteiger partial charge on any atom is 0.269 e. The fourth-order valence-electron chi connectivity index (χ4n) is 2.17. The Morgan fingerprint density at radius 1 is 1.15 bits per heavy atom. The number of carbonyl (C=O) groups is 2. The molecule has 2 rings (SSSR count). The maximum atomic E-state index is 12.2. The molecule has 0 bridgehead atoms. The maximum absolute atomic E-state index is 12.2. The third-order valence-corrected chi connectivity index (χ3v) is 3.52. The number of aromatic nitrogens is 1. The zero-order valence-electron chi connectivity index (χ0n) is 15.3. The van der Waals surface area contributed by atoms with E-state index in [0.717, 1.165) is 0 Å². The van der Waals surface area contributed by atoms with Crippen LogP contribution in [0.5, 0.6) is 11.5 Å². The number of anilines is 1. The number of halogens is 2. The summed E-state index contributed by atoms with van der Waals surface area (Å²) < 4.78 is 5.84. The highest BCUT2D eigenvalue weighted by atomic mass is 35.5. The zero-order valence-corrected chi connectivity index (χ0v) is 16.9. The van der Waals surface area contributed by atoms with E-state index in [1.165, 1.54) is 13.2 Å². The Balaban J connectivity index is 0.00000338. The van der Waals surface area contributed by atoms with E-state index in [1.54, 1.807) is 31.3 Å². The Morgan fingerprint density at radius 2 is 1.85 bits per heavy atom. The van der Waals surface area contributed by atoms with E-state index in [2.05, 4.69) is 20.9 Å². The molecule has 1 atom stereocenters. The number of pyridine rings is 1. The normalized spacial score (nSPS) is 10.6. The molecule has 148 valence electrons. The number of para-hydroxylation sites is 2. The lowest BCUT2D eigenvalue weighted by atomic mass is 10.1. The number of hydrogen-bond donors (Lipinski definition) is 3. The van der Waals surface area contributed by atoms with Crippen molar-refractivity contribution in [1.82, 2.24) is 15.6 Å². The van der Waals surface area contributed by atoms with Gasteiger partial charge >= 0.3 is 0 Å². The number of carbonyl (C=O) groups excluding carboxylic acids is 2. The molecule has 0 spiro atoms. The van der Waals surface area contributed by atoms with Crippen molar-refractivity contribution in [3.05, 3.63) is 48.3 Å². The van der Waals surface area contributed by atoms with Crippen molar-refractivity contribution in [2.75, 3.05) is 26.0 Å². The lowest BCUT2D eigenvalue weighted by molar-refractivity contribution is -0.119. The summed E-state index contributed by atoms with van der Waals surface area (Å²) in [7, 11) is 3.34. The highest BCUT2D eigenvalue weighted by molar-refractivity contribution is 5.94. The molecule has 3 N–H and O–H groups in total. The van der Waals surface area contributed by atoms with Gasteiger partial charge in [0.1, 0.15) is 11.4 Å². The van der Waals surface area contributed by atoms with Crippen molar-refractivity contribution in [3.8, 4) is 11.5 Å². The number of amides is 2. The van der Waals surface area contributed by atoms with Gasteiger partial charge in [0.05, 0.1) is 5.69 Å². The molecule has 2 aromatic rings. The Bertz CT molecular complexity index is 759. The third kappa shape index (κ3) is 7.05. The summed E-state index contributed by atoms with van der Waals surface area (Å²) in [6, 6.07) is 10.3. The highest BCUT2D eigenvalue weighted by Crippen LogP contribution is 2.29. The van der Waals surface area contributed by atoms with Crippen LogP contribution in [-0.4, -0.2) is 37.4 Å². The average Bonchev–Trinajstić information content (AvgIpc) is 2.63. The minimum Gasteiger partial charge on any atom is -0.455 e. The quantitative estimate of drug-likeness (QED) is 0.647. The molecule has 2 amide bonds. The highest BCUT2D eigenvalue weighted by Gasteiger charge is 2.15. The summed E-state index contributed by atoms with van der Waals surface area (Å²) in [6.07, 6.45) is 1.50. The molecule has 0 radical (unpaired) electrons. The molecule has 1 heterocycles. The molecule has 0 aliphatic carbocycles. The second kappa shape index (κ2) is 12.1. The minimum atomic E-state index is -0.298. The van der Waals surface area contributed by atoms with Crippen LogP contribution in [0.4, 0.5) is 5.69 Å². The number of ether oxygens (including phenoxy) is 1. The Hall–Kier alpha value is -2.35. The molecule has 0 fully saturated rings. The monoisotopic (exact) mass is 414 g/mol. The van der Waals surface area contributed by atoms with E-state index in [-0.39, 0.29) is 48.2 Å². The van der Waals surface area contributed by atoms with Gasteiger partial charge < -0.3 is 20.7 Å². The van der Waals surface area contributed by atoms with Gasteiger partial charge in [-0.25, -0.2) is 0 Å². The van der Waals surface area contributed by atoms with Crippen LogP contribution in [-0.2, 0) is 4.79 Å². The van der Waals surface area contributed by atoms with Crippen LogP contribution in [0.3, 0.4) is 0 Å². The second-order valence-corrected chi connectivity index (χ2v) is 5.50. The second-order valence-electron chi connectivity index (χ2n) is 5.50. The van der Waals surface area contributed by atoms with Crippen molar-refractivity contribution in [2.24, 2.45) is 5.92 Å². The fraction of sp³-hybridized carbons (Fsp3) is 0.278. The van der Waals surface area contributed by atoms with Crippen molar-refractivity contribution < 1.29 is 14.3 Å². The predicted octanol–water partition coefficient (Wildman–Crippen LogP) is 2.87. The standard InChI is InChI=1S/C18H22N4O3.2ClH/c1-12(11-19-2)17(23)22-14-6-4-5-7-16(14)25-13-8-9-21-15(10-13)18(24)20-3;;/h4-10,12,19H,11H2,1-3H3,(H,20,24)(H,22,23);2*1H. The molecule has 9 heteroatoms. The molecule has 1 aromatic heterocycles. The Kier molecular flexibility index (Phi) is 11.1. The first-order chi connectivity index (χ1) is 12.0. The first-order valence-electron chi connectivity index (χ1n) is 7.95.